The molecule has 12 heteroatoms. The molecule has 0 aliphatic heterocycles. The van der Waals surface area contributed by atoms with Gasteiger partial charge in [-0.2, -0.15) is 5.10 Å². The minimum Gasteiger partial charge on any atom is -0.495 e. The SMILES string of the molecule is COC(=O)c1ccc(/C=N\Nc2ccc([N+](=O)[O-])cc2S(=O)(=O)Nc2ccccc2OC)cc1. The number of sulfonamides is 1. The summed E-state index contributed by atoms with van der Waals surface area (Å²) in [6.07, 6.45) is 1.40. The van der Waals surface area contributed by atoms with Crippen LogP contribution >= 0.6 is 0 Å². The number of nitrogens with zero attached hydrogens (tertiary/aromatic N) is 2. The topological polar surface area (TPSA) is 149 Å². The van der Waals surface area contributed by atoms with Crippen LogP contribution in [0.1, 0.15) is 15.9 Å². The van der Waals surface area contributed by atoms with Crippen LogP contribution in [-0.2, 0) is 14.8 Å². The summed E-state index contributed by atoms with van der Waals surface area (Å²) in [5.74, 6) is -0.204. The third-order valence-electron chi connectivity index (χ3n) is 4.55. The molecule has 3 aromatic carbocycles. The van der Waals surface area contributed by atoms with Gasteiger partial charge < -0.3 is 9.47 Å². The van der Waals surface area contributed by atoms with E-state index in [2.05, 4.69) is 20.0 Å². The summed E-state index contributed by atoms with van der Waals surface area (Å²) in [7, 11) is -1.60. The van der Waals surface area contributed by atoms with Gasteiger partial charge in [0.1, 0.15) is 10.6 Å². The van der Waals surface area contributed by atoms with Gasteiger partial charge in [-0.1, -0.05) is 24.3 Å². The number of para-hydroxylation sites is 2. The highest BCUT2D eigenvalue weighted by atomic mass is 32.2. The first-order valence-corrected chi connectivity index (χ1v) is 11.1. The summed E-state index contributed by atoms with van der Waals surface area (Å²) in [4.78, 5) is 21.7. The predicted octanol–water partition coefficient (Wildman–Crippen LogP) is 3.64. The molecule has 0 amide bonds. The molecule has 0 atom stereocenters. The molecule has 0 bridgehead atoms. The molecule has 176 valence electrons. The Hall–Kier alpha value is -4.45. The quantitative estimate of drug-likeness (QED) is 0.202. The van der Waals surface area contributed by atoms with Gasteiger partial charge >= 0.3 is 5.97 Å². The van der Waals surface area contributed by atoms with Crippen LogP contribution in [0.4, 0.5) is 17.1 Å². The molecule has 3 rings (SSSR count). The summed E-state index contributed by atoms with van der Waals surface area (Å²) < 4.78 is 38.4. The van der Waals surface area contributed by atoms with Crippen molar-refractivity contribution in [1.29, 1.82) is 0 Å². The van der Waals surface area contributed by atoms with Crippen molar-refractivity contribution in [3.05, 3.63) is 88.0 Å². The van der Waals surface area contributed by atoms with E-state index in [1.807, 2.05) is 0 Å². The predicted molar refractivity (Wildman–Crippen MR) is 126 cm³/mol. The molecule has 2 N–H and O–H groups in total. The number of carbonyl (C=O) groups is 1. The lowest BCUT2D eigenvalue weighted by molar-refractivity contribution is -0.385. The zero-order valence-corrected chi connectivity index (χ0v) is 18.9. The summed E-state index contributed by atoms with van der Waals surface area (Å²) in [6, 6.07) is 16.0. The number of hydrogen-bond donors (Lipinski definition) is 2. The number of non-ortho nitro benzene ring substituents is 1. The second-order valence-corrected chi connectivity index (χ2v) is 8.38. The van der Waals surface area contributed by atoms with E-state index >= 15 is 0 Å². The van der Waals surface area contributed by atoms with Crippen LogP contribution in [0.3, 0.4) is 0 Å². The molecule has 0 fully saturated rings. The fraction of sp³-hybridized carbons (Fsp3) is 0.0909. The zero-order valence-electron chi connectivity index (χ0n) is 18.1. The van der Waals surface area contributed by atoms with Gasteiger partial charge in [-0.3, -0.25) is 20.3 Å². The molecule has 34 heavy (non-hydrogen) atoms. The number of carbonyl (C=O) groups excluding carboxylic acids is 1. The Balaban J connectivity index is 1.90. The Kier molecular flexibility index (Phi) is 7.43. The van der Waals surface area contributed by atoms with Crippen LogP contribution in [0, 0.1) is 10.1 Å². The van der Waals surface area contributed by atoms with Crippen LogP contribution in [0.25, 0.3) is 0 Å². The second-order valence-electron chi connectivity index (χ2n) is 6.73. The Labute approximate surface area is 195 Å². The number of hydrogen-bond acceptors (Lipinski definition) is 9. The molecule has 0 saturated heterocycles. The van der Waals surface area contributed by atoms with Gasteiger partial charge in [-0.05, 0) is 35.9 Å². The molecular weight excluding hydrogens is 464 g/mol. The molecule has 0 heterocycles. The molecule has 3 aromatic rings. The number of methoxy groups -OCH3 is 2. The first-order valence-electron chi connectivity index (χ1n) is 9.67. The molecular formula is C22H20N4O7S. The maximum atomic E-state index is 13.1. The van der Waals surface area contributed by atoms with Crippen molar-refractivity contribution in [2.45, 2.75) is 4.90 Å². The number of nitro groups is 1. The monoisotopic (exact) mass is 484 g/mol. The highest BCUT2D eigenvalue weighted by molar-refractivity contribution is 7.93. The zero-order chi connectivity index (χ0) is 24.7. The lowest BCUT2D eigenvalue weighted by Crippen LogP contribution is -2.15. The van der Waals surface area contributed by atoms with Crippen molar-refractivity contribution in [2.24, 2.45) is 5.10 Å². The van der Waals surface area contributed by atoms with Gasteiger partial charge in [0.15, 0.2) is 0 Å². The molecule has 0 unspecified atom stereocenters. The van der Waals surface area contributed by atoms with Gasteiger partial charge in [0, 0.05) is 12.1 Å². The smallest absolute Gasteiger partial charge is 0.337 e. The van der Waals surface area contributed by atoms with Gasteiger partial charge in [0.2, 0.25) is 0 Å². The number of nitro benzene ring substituents is 1. The van der Waals surface area contributed by atoms with Gasteiger partial charge in [0.05, 0.1) is 42.3 Å². The van der Waals surface area contributed by atoms with E-state index in [9.17, 15) is 23.3 Å². The Bertz CT molecular complexity index is 1340. The molecule has 11 nitrogen and oxygen atoms in total. The van der Waals surface area contributed by atoms with Crippen LogP contribution in [0.15, 0.2) is 76.7 Å². The van der Waals surface area contributed by atoms with Crippen LogP contribution in [-0.4, -0.2) is 39.7 Å². The van der Waals surface area contributed by atoms with E-state index < -0.39 is 26.6 Å². The van der Waals surface area contributed by atoms with Crippen molar-refractivity contribution in [2.75, 3.05) is 24.4 Å². The number of nitrogens with one attached hydrogen (secondary N) is 2. The highest BCUT2D eigenvalue weighted by Crippen LogP contribution is 2.31. The van der Waals surface area contributed by atoms with E-state index in [4.69, 9.17) is 4.74 Å². The molecule has 0 spiro atoms. The minimum absolute atomic E-state index is 0.00966. The third kappa shape index (κ3) is 5.66. The van der Waals surface area contributed by atoms with E-state index in [0.717, 1.165) is 12.1 Å². The summed E-state index contributed by atoms with van der Waals surface area (Å²) >= 11 is 0. The minimum atomic E-state index is -4.27. The largest absolute Gasteiger partial charge is 0.495 e. The Morgan fingerprint density at radius 3 is 2.38 bits per heavy atom. The first-order chi connectivity index (χ1) is 16.2. The number of anilines is 2. The summed E-state index contributed by atoms with van der Waals surface area (Å²) in [6.45, 7) is 0. The van der Waals surface area contributed by atoms with Crippen LogP contribution in [0.5, 0.6) is 5.75 Å². The van der Waals surface area contributed by atoms with Crippen molar-refractivity contribution < 1.29 is 27.6 Å². The fourth-order valence-electron chi connectivity index (χ4n) is 2.87. The average molecular weight is 484 g/mol. The Morgan fingerprint density at radius 2 is 1.74 bits per heavy atom. The fourth-order valence-corrected chi connectivity index (χ4v) is 4.11. The summed E-state index contributed by atoms with van der Waals surface area (Å²) in [5, 5.41) is 15.3. The van der Waals surface area contributed by atoms with Crippen molar-refractivity contribution in [3.8, 4) is 5.75 Å². The lowest BCUT2D eigenvalue weighted by atomic mass is 10.1. The maximum absolute atomic E-state index is 13.1. The van der Waals surface area contributed by atoms with E-state index in [-0.39, 0.29) is 22.0 Å². The molecule has 0 aliphatic carbocycles. The normalized spacial score (nSPS) is 11.1. The number of esters is 1. The van der Waals surface area contributed by atoms with E-state index in [1.165, 1.54) is 32.6 Å². The lowest BCUT2D eigenvalue weighted by Gasteiger charge is -2.14. The van der Waals surface area contributed by atoms with Crippen molar-refractivity contribution in [3.63, 3.8) is 0 Å². The van der Waals surface area contributed by atoms with Crippen molar-refractivity contribution in [1.82, 2.24) is 0 Å². The number of rotatable bonds is 9. The maximum Gasteiger partial charge on any atom is 0.337 e. The van der Waals surface area contributed by atoms with E-state index in [0.29, 0.717) is 11.1 Å². The number of ether oxygens (including phenoxy) is 2. The van der Waals surface area contributed by atoms with Gasteiger partial charge in [-0.15, -0.1) is 0 Å². The standard InChI is InChI=1S/C22H20N4O7S/c1-32-20-6-4-3-5-18(20)25-34(30,31)21-13-17(26(28)29)11-12-19(21)24-23-14-15-7-9-16(10-8-15)22(27)33-2/h3-14,24-25H,1-2H3/b23-14-. The molecule has 0 saturated carbocycles. The third-order valence-corrected chi connectivity index (χ3v) is 5.95. The molecule has 0 aliphatic rings. The number of benzene rings is 3. The van der Waals surface area contributed by atoms with Crippen molar-refractivity contribution >= 4 is 39.3 Å². The number of hydrazone groups is 1. The molecule has 0 aromatic heterocycles. The first kappa shape index (κ1) is 24.2. The summed E-state index contributed by atoms with van der Waals surface area (Å²) in [5.41, 5.74) is 3.34. The second kappa shape index (κ2) is 10.4. The highest BCUT2D eigenvalue weighted by Gasteiger charge is 2.23. The van der Waals surface area contributed by atoms with Gasteiger partial charge in [-0.25, -0.2) is 13.2 Å². The van der Waals surface area contributed by atoms with Gasteiger partial charge in [0.25, 0.3) is 15.7 Å². The van der Waals surface area contributed by atoms with Crippen LogP contribution < -0.4 is 14.9 Å². The van der Waals surface area contributed by atoms with E-state index in [1.54, 1.807) is 42.5 Å². The van der Waals surface area contributed by atoms with Crippen LogP contribution in [0.2, 0.25) is 0 Å². The average Bonchev–Trinajstić information content (AvgIpc) is 2.84. The molecule has 0 radical (unpaired) electrons. The Morgan fingerprint density at radius 1 is 1.03 bits per heavy atom.